The summed E-state index contributed by atoms with van der Waals surface area (Å²) in [5.74, 6) is 0.293. The number of hydrogen-bond acceptors (Lipinski definition) is 3. The molecule has 3 N–H and O–H groups in total. The van der Waals surface area contributed by atoms with E-state index in [0.717, 1.165) is 5.56 Å². The highest BCUT2D eigenvalue weighted by atomic mass is 35.5. The van der Waals surface area contributed by atoms with Crippen molar-refractivity contribution in [3.63, 3.8) is 0 Å². The molecule has 2 aromatic carbocycles. The minimum Gasteiger partial charge on any atom is -0.495 e. The van der Waals surface area contributed by atoms with Gasteiger partial charge < -0.3 is 15.8 Å². The predicted molar refractivity (Wildman–Crippen MR) is 81.5 cm³/mol. The van der Waals surface area contributed by atoms with Crippen LogP contribution >= 0.6 is 11.6 Å². The van der Waals surface area contributed by atoms with Crippen LogP contribution in [-0.2, 0) is 0 Å². The number of hydrogen-bond donors (Lipinski definition) is 2. The van der Waals surface area contributed by atoms with Crippen LogP contribution in [-0.4, -0.2) is 13.0 Å². The minimum absolute atomic E-state index is 0.256. The Morgan fingerprint density at radius 2 is 2.00 bits per heavy atom. The maximum atomic E-state index is 12.3. The predicted octanol–water partition coefficient (Wildman–Crippen LogP) is 3.49. The molecule has 0 radical (unpaired) electrons. The van der Waals surface area contributed by atoms with Crippen LogP contribution < -0.4 is 15.8 Å². The molecule has 1 amide bonds. The van der Waals surface area contributed by atoms with Gasteiger partial charge >= 0.3 is 0 Å². The number of halogens is 1. The largest absolute Gasteiger partial charge is 0.495 e. The van der Waals surface area contributed by atoms with Crippen molar-refractivity contribution in [2.45, 2.75) is 6.92 Å². The molecule has 0 heterocycles. The zero-order valence-corrected chi connectivity index (χ0v) is 12.0. The number of nitrogen functional groups attached to an aromatic ring is 1. The van der Waals surface area contributed by atoms with Crippen LogP contribution in [0.1, 0.15) is 15.9 Å². The van der Waals surface area contributed by atoms with Crippen molar-refractivity contribution >= 4 is 28.9 Å². The quantitative estimate of drug-likeness (QED) is 0.851. The molecule has 0 unspecified atom stereocenters. The summed E-state index contributed by atoms with van der Waals surface area (Å²) in [7, 11) is 1.53. The van der Waals surface area contributed by atoms with Crippen LogP contribution in [0.25, 0.3) is 0 Å². The Kier molecular flexibility index (Phi) is 4.15. The van der Waals surface area contributed by atoms with E-state index >= 15 is 0 Å². The summed E-state index contributed by atoms with van der Waals surface area (Å²) in [6.07, 6.45) is 0. The number of carbonyl (C=O) groups is 1. The fourth-order valence-electron chi connectivity index (χ4n) is 1.85. The maximum absolute atomic E-state index is 12.3. The number of rotatable bonds is 3. The molecule has 2 aromatic rings. The van der Waals surface area contributed by atoms with E-state index in [0.29, 0.717) is 27.7 Å². The number of amides is 1. The van der Waals surface area contributed by atoms with Gasteiger partial charge in [-0.05, 0) is 42.8 Å². The standard InChI is InChI=1S/C15H15ClN2O2/c1-9-3-4-10(16)7-12(9)15(19)18-13-8-11(17)5-6-14(13)20-2/h3-8H,17H2,1-2H3,(H,18,19). The lowest BCUT2D eigenvalue weighted by Crippen LogP contribution is -2.14. The van der Waals surface area contributed by atoms with Crippen LogP contribution in [0.15, 0.2) is 36.4 Å². The third kappa shape index (κ3) is 3.03. The number of anilines is 2. The normalized spacial score (nSPS) is 10.2. The van der Waals surface area contributed by atoms with Crippen LogP contribution in [0.5, 0.6) is 5.75 Å². The van der Waals surface area contributed by atoms with Crippen molar-refractivity contribution in [2.75, 3.05) is 18.2 Å². The Hall–Kier alpha value is -2.20. The molecule has 0 saturated carbocycles. The highest BCUT2D eigenvalue weighted by Gasteiger charge is 2.12. The second-order valence-corrected chi connectivity index (χ2v) is 4.81. The third-order valence-corrected chi connectivity index (χ3v) is 3.15. The van der Waals surface area contributed by atoms with Gasteiger partial charge in [-0.3, -0.25) is 4.79 Å². The first-order valence-corrected chi connectivity index (χ1v) is 6.40. The van der Waals surface area contributed by atoms with E-state index in [9.17, 15) is 4.79 Å². The molecule has 0 atom stereocenters. The van der Waals surface area contributed by atoms with Crippen LogP contribution in [0.3, 0.4) is 0 Å². The number of benzene rings is 2. The molecule has 0 aliphatic rings. The van der Waals surface area contributed by atoms with E-state index in [1.165, 1.54) is 7.11 Å². The minimum atomic E-state index is -0.256. The average molecular weight is 291 g/mol. The monoisotopic (exact) mass is 290 g/mol. The van der Waals surface area contributed by atoms with Crippen molar-refractivity contribution in [2.24, 2.45) is 0 Å². The number of nitrogens with two attached hydrogens (primary N) is 1. The van der Waals surface area contributed by atoms with E-state index in [-0.39, 0.29) is 5.91 Å². The molecule has 2 rings (SSSR count). The molecule has 0 aliphatic heterocycles. The first-order chi connectivity index (χ1) is 9.51. The summed E-state index contributed by atoms with van der Waals surface area (Å²) >= 11 is 5.92. The van der Waals surface area contributed by atoms with Gasteiger partial charge in [-0.15, -0.1) is 0 Å². The SMILES string of the molecule is COc1ccc(N)cc1NC(=O)c1cc(Cl)ccc1C. The van der Waals surface area contributed by atoms with Gasteiger partial charge in [0.15, 0.2) is 0 Å². The Labute approximate surface area is 122 Å². The number of ether oxygens (including phenoxy) is 1. The molecule has 20 heavy (non-hydrogen) atoms. The lowest BCUT2D eigenvalue weighted by Gasteiger charge is -2.12. The Bertz CT molecular complexity index is 656. The van der Waals surface area contributed by atoms with Crippen molar-refractivity contribution < 1.29 is 9.53 Å². The zero-order valence-electron chi connectivity index (χ0n) is 11.2. The summed E-state index contributed by atoms with van der Waals surface area (Å²) in [5.41, 5.74) is 8.15. The van der Waals surface area contributed by atoms with Crippen LogP contribution in [0.2, 0.25) is 5.02 Å². The van der Waals surface area contributed by atoms with E-state index in [1.807, 2.05) is 6.92 Å². The number of aryl methyl sites for hydroxylation is 1. The molecule has 5 heteroatoms. The molecule has 0 fully saturated rings. The lowest BCUT2D eigenvalue weighted by molar-refractivity contribution is 0.102. The highest BCUT2D eigenvalue weighted by Crippen LogP contribution is 2.27. The molecule has 0 saturated heterocycles. The smallest absolute Gasteiger partial charge is 0.256 e. The number of nitrogens with one attached hydrogen (secondary N) is 1. The van der Waals surface area contributed by atoms with Gasteiger partial charge in [0.25, 0.3) is 5.91 Å². The molecular formula is C15H15ClN2O2. The van der Waals surface area contributed by atoms with Crippen molar-refractivity contribution in [1.29, 1.82) is 0 Å². The van der Waals surface area contributed by atoms with Gasteiger partial charge in [0, 0.05) is 16.3 Å². The van der Waals surface area contributed by atoms with Gasteiger partial charge in [-0.1, -0.05) is 17.7 Å². The van der Waals surface area contributed by atoms with Crippen LogP contribution in [0, 0.1) is 6.92 Å². The summed E-state index contributed by atoms with van der Waals surface area (Å²) in [6.45, 7) is 1.85. The second kappa shape index (κ2) is 5.84. The van der Waals surface area contributed by atoms with E-state index in [1.54, 1.807) is 36.4 Å². The summed E-state index contributed by atoms with van der Waals surface area (Å²) in [4.78, 5) is 12.3. The zero-order chi connectivity index (χ0) is 14.7. The van der Waals surface area contributed by atoms with Crippen molar-refractivity contribution in [3.05, 3.63) is 52.5 Å². The molecule has 0 aliphatic carbocycles. The number of methoxy groups -OCH3 is 1. The first-order valence-electron chi connectivity index (χ1n) is 6.02. The first kappa shape index (κ1) is 14.2. The Morgan fingerprint density at radius 1 is 1.25 bits per heavy atom. The number of carbonyl (C=O) groups excluding carboxylic acids is 1. The van der Waals surface area contributed by atoms with Gasteiger partial charge in [-0.2, -0.15) is 0 Å². The van der Waals surface area contributed by atoms with Gasteiger partial charge in [0.1, 0.15) is 5.75 Å². The van der Waals surface area contributed by atoms with Gasteiger partial charge in [-0.25, -0.2) is 0 Å². The molecule has 4 nitrogen and oxygen atoms in total. The van der Waals surface area contributed by atoms with Gasteiger partial charge in [0.2, 0.25) is 0 Å². The highest BCUT2D eigenvalue weighted by molar-refractivity contribution is 6.31. The fourth-order valence-corrected chi connectivity index (χ4v) is 2.02. The average Bonchev–Trinajstić information content (AvgIpc) is 2.41. The lowest BCUT2D eigenvalue weighted by atomic mass is 10.1. The maximum Gasteiger partial charge on any atom is 0.256 e. The Balaban J connectivity index is 2.32. The second-order valence-electron chi connectivity index (χ2n) is 4.37. The molecular weight excluding hydrogens is 276 g/mol. The van der Waals surface area contributed by atoms with Crippen LogP contribution in [0.4, 0.5) is 11.4 Å². The fraction of sp³-hybridized carbons (Fsp3) is 0.133. The topological polar surface area (TPSA) is 64.3 Å². The van der Waals surface area contributed by atoms with Gasteiger partial charge in [0.05, 0.1) is 12.8 Å². The van der Waals surface area contributed by atoms with E-state index in [2.05, 4.69) is 5.32 Å². The third-order valence-electron chi connectivity index (χ3n) is 2.92. The van der Waals surface area contributed by atoms with E-state index < -0.39 is 0 Å². The van der Waals surface area contributed by atoms with Crippen molar-refractivity contribution in [3.8, 4) is 5.75 Å². The molecule has 0 spiro atoms. The summed E-state index contributed by atoms with van der Waals surface area (Å²) in [5, 5.41) is 3.30. The summed E-state index contributed by atoms with van der Waals surface area (Å²) in [6, 6.07) is 10.2. The van der Waals surface area contributed by atoms with Crippen molar-refractivity contribution in [1.82, 2.24) is 0 Å². The summed E-state index contributed by atoms with van der Waals surface area (Å²) < 4.78 is 5.19. The molecule has 0 bridgehead atoms. The Morgan fingerprint density at radius 3 is 2.70 bits per heavy atom. The molecule has 104 valence electrons. The molecule has 0 aromatic heterocycles. The van der Waals surface area contributed by atoms with E-state index in [4.69, 9.17) is 22.1 Å².